The van der Waals surface area contributed by atoms with E-state index < -0.39 is 0 Å². The molecule has 0 spiro atoms. The van der Waals surface area contributed by atoms with E-state index in [1.165, 1.54) is 6.42 Å². The molecule has 1 aliphatic heterocycles. The number of likely N-dealkylation sites (tertiary alicyclic amines) is 1. The summed E-state index contributed by atoms with van der Waals surface area (Å²) in [5, 5.41) is 0.919. The minimum absolute atomic E-state index is 0.0844. The minimum Gasteiger partial charge on any atom is -0.334 e. The molecule has 3 rings (SSSR count). The third kappa shape index (κ3) is 2.88. The van der Waals surface area contributed by atoms with Crippen LogP contribution in [0.3, 0.4) is 0 Å². The zero-order valence-electron chi connectivity index (χ0n) is 12.0. The molecular weight excluding hydrogens is 284 g/mol. The molecule has 1 aromatic carbocycles. The number of fused-ring (bicyclic) bond motifs is 1. The third-order valence-electron chi connectivity index (χ3n) is 4.19. The first-order valence-electron chi connectivity index (χ1n) is 7.52. The summed E-state index contributed by atoms with van der Waals surface area (Å²) in [6, 6.07) is 9.71. The second-order valence-corrected chi connectivity index (χ2v) is 5.84. The number of rotatable bonds is 2. The van der Waals surface area contributed by atoms with Crippen LogP contribution >= 0.6 is 11.6 Å². The number of amides is 1. The molecule has 0 aliphatic carbocycles. The number of benzene rings is 1. The fourth-order valence-electron chi connectivity index (χ4n) is 3.05. The summed E-state index contributed by atoms with van der Waals surface area (Å²) in [7, 11) is 0. The van der Waals surface area contributed by atoms with Crippen molar-refractivity contribution in [2.45, 2.75) is 31.7 Å². The van der Waals surface area contributed by atoms with Gasteiger partial charge in [0.2, 0.25) is 0 Å². The average molecular weight is 303 g/mol. The number of carbonyl (C=O) groups is 1. The van der Waals surface area contributed by atoms with Gasteiger partial charge in [-0.25, -0.2) is 0 Å². The Hall–Kier alpha value is -1.61. The van der Waals surface area contributed by atoms with E-state index in [-0.39, 0.29) is 11.9 Å². The topological polar surface area (TPSA) is 33.2 Å². The van der Waals surface area contributed by atoms with Gasteiger partial charge >= 0.3 is 0 Å². The molecule has 0 saturated carbocycles. The number of halogens is 1. The fraction of sp³-hybridized carbons (Fsp3) is 0.412. The summed E-state index contributed by atoms with van der Waals surface area (Å²) in [5.41, 5.74) is 1.60. The van der Waals surface area contributed by atoms with Crippen LogP contribution < -0.4 is 0 Å². The molecule has 1 saturated heterocycles. The number of hydrogen-bond acceptors (Lipinski definition) is 2. The molecule has 110 valence electrons. The fourth-order valence-corrected chi connectivity index (χ4v) is 3.37. The number of nitrogens with zero attached hydrogens (tertiary/aromatic N) is 2. The molecule has 21 heavy (non-hydrogen) atoms. The van der Waals surface area contributed by atoms with Crippen LogP contribution in [0.1, 0.15) is 36.0 Å². The molecule has 1 aromatic heterocycles. The molecule has 2 aromatic rings. The van der Waals surface area contributed by atoms with Crippen molar-refractivity contribution in [3.63, 3.8) is 0 Å². The molecule has 2 heterocycles. The van der Waals surface area contributed by atoms with Crippen molar-refractivity contribution in [1.82, 2.24) is 9.88 Å². The first kappa shape index (κ1) is 14.3. The zero-order chi connectivity index (χ0) is 14.7. The van der Waals surface area contributed by atoms with E-state index in [4.69, 9.17) is 11.6 Å². The molecule has 0 bridgehead atoms. The minimum atomic E-state index is 0.0844. The third-order valence-corrected chi connectivity index (χ3v) is 4.55. The van der Waals surface area contributed by atoms with Crippen molar-refractivity contribution >= 4 is 28.4 Å². The van der Waals surface area contributed by atoms with Gasteiger partial charge in [0.15, 0.2) is 0 Å². The van der Waals surface area contributed by atoms with Crippen LogP contribution in [-0.4, -0.2) is 34.3 Å². The smallest absolute Gasteiger partial charge is 0.254 e. The lowest BCUT2D eigenvalue weighted by Crippen LogP contribution is -2.41. The Kier molecular flexibility index (Phi) is 4.39. The van der Waals surface area contributed by atoms with Crippen molar-refractivity contribution in [2.24, 2.45) is 0 Å². The Morgan fingerprint density at radius 3 is 3.00 bits per heavy atom. The molecule has 1 atom stereocenters. The highest BCUT2D eigenvalue weighted by Crippen LogP contribution is 2.23. The van der Waals surface area contributed by atoms with Crippen LogP contribution in [0, 0.1) is 0 Å². The van der Waals surface area contributed by atoms with Crippen LogP contribution in [0.2, 0.25) is 0 Å². The maximum absolute atomic E-state index is 13.0. The van der Waals surface area contributed by atoms with Crippen molar-refractivity contribution in [3.8, 4) is 0 Å². The highest BCUT2D eigenvalue weighted by atomic mass is 35.5. The van der Waals surface area contributed by atoms with Gasteiger partial charge in [-0.05, 0) is 31.0 Å². The largest absolute Gasteiger partial charge is 0.334 e. The second-order valence-electron chi connectivity index (χ2n) is 5.53. The highest BCUT2D eigenvalue weighted by molar-refractivity contribution is 6.18. The Morgan fingerprint density at radius 1 is 1.24 bits per heavy atom. The molecule has 0 N–H and O–H groups in total. The summed E-state index contributed by atoms with van der Waals surface area (Å²) >= 11 is 6.09. The van der Waals surface area contributed by atoms with Gasteiger partial charge in [0.25, 0.3) is 5.91 Å². The molecule has 1 amide bonds. The van der Waals surface area contributed by atoms with Gasteiger partial charge in [0.1, 0.15) is 0 Å². The van der Waals surface area contributed by atoms with Crippen molar-refractivity contribution in [3.05, 3.63) is 42.1 Å². The highest BCUT2D eigenvalue weighted by Gasteiger charge is 2.26. The van der Waals surface area contributed by atoms with Crippen molar-refractivity contribution in [2.75, 3.05) is 12.4 Å². The Balaban J connectivity index is 1.99. The molecular formula is C17H19ClN2O. The van der Waals surface area contributed by atoms with Gasteiger partial charge in [-0.15, -0.1) is 11.6 Å². The monoisotopic (exact) mass is 302 g/mol. The Bertz CT molecular complexity index is 638. The lowest BCUT2D eigenvalue weighted by Gasteiger charge is -2.29. The van der Waals surface area contributed by atoms with E-state index in [0.717, 1.165) is 42.3 Å². The van der Waals surface area contributed by atoms with Gasteiger partial charge in [0.05, 0.1) is 5.52 Å². The normalized spacial score (nSPS) is 19.5. The van der Waals surface area contributed by atoms with Crippen molar-refractivity contribution in [1.29, 1.82) is 0 Å². The molecule has 3 nitrogen and oxygen atoms in total. The van der Waals surface area contributed by atoms with Gasteiger partial charge in [-0.3, -0.25) is 9.78 Å². The van der Waals surface area contributed by atoms with E-state index in [2.05, 4.69) is 4.98 Å². The summed E-state index contributed by atoms with van der Waals surface area (Å²) in [6.45, 7) is 0.798. The number of alkyl halides is 1. The van der Waals surface area contributed by atoms with E-state index in [9.17, 15) is 4.79 Å². The lowest BCUT2D eigenvalue weighted by molar-refractivity contribution is 0.0702. The van der Waals surface area contributed by atoms with Gasteiger partial charge in [-0.2, -0.15) is 0 Å². The number of hydrogen-bond donors (Lipinski definition) is 0. The van der Waals surface area contributed by atoms with Crippen LogP contribution in [0.4, 0.5) is 0 Å². The molecule has 1 unspecified atom stereocenters. The van der Waals surface area contributed by atoms with Gasteiger partial charge < -0.3 is 4.90 Å². The summed E-state index contributed by atoms with van der Waals surface area (Å²) in [6.07, 6.45) is 6.14. The van der Waals surface area contributed by atoms with Crippen molar-refractivity contribution < 1.29 is 4.79 Å². The van der Waals surface area contributed by atoms with E-state index in [0.29, 0.717) is 5.88 Å². The number of pyridine rings is 1. The van der Waals surface area contributed by atoms with Crippen LogP contribution in [0.25, 0.3) is 10.9 Å². The zero-order valence-corrected chi connectivity index (χ0v) is 12.7. The Morgan fingerprint density at radius 2 is 2.14 bits per heavy atom. The summed E-state index contributed by atoms with van der Waals surface area (Å²) < 4.78 is 0. The number of carbonyl (C=O) groups excluding carboxylic acids is 1. The molecule has 4 heteroatoms. The van der Waals surface area contributed by atoms with Gasteiger partial charge in [0, 0.05) is 35.6 Å². The van der Waals surface area contributed by atoms with E-state index in [1.807, 2.05) is 35.2 Å². The molecule has 0 radical (unpaired) electrons. The predicted molar refractivity (Wildman–Crippen MR) is 85.8 cm³/mol. The quantitative estimate of drug-likeness (QED) is 0.789. The van der Waals surface area contributed by atoms with E-state index in [1.54, 1.807) is 6.20 Å². The molecule has 1 aliphatic rings. The predicted octanol–water partition coefficient (Wildman–Crippen LogP) is 3.86. The standard InChI is InChI=1S/C17H19ClN2O/c18-12-13-6-2-1-3-11-20(13)17(21)15-7-4-9-16-14(15)8-5-10-19-16/h4-5,7-10,13H,1-3,6,11-12H2. The lowest BCUT2D eigenvalue weighted by atomic mass is 10.1. The summed E-state index contributed by atoms with van der Waals surface area (Å²) in [4.78, 5) is 19.3. The maximum atomic E-state index is 13.0. The summed E-state index contributed by atoms with van der Waals surface area (Å²) in [5.74, 6) is 0.593. The Labute approximate surface area is 129 Å². The second kappa shape index (κ2) is 6.44. The first-order chi connectivity index (χ1) is 10.3. The SMILES string of the molecule is O=C(c1cccc2ncccc12)N1CCCCCC1CCl. The van der Waals surface area contributed by atoms with Crippen LogP contribution in [0.15, 0.2) is 36.5 Å². The van der Waals surface area contributed by atoms with Crippen LogP contribution in [-0.2, 0) is 0 Å². The number of aromatic nitrogens is 1. The first-order valence-corrected chi connectivity index (χ1v) is 8.05. The van der Waals surface area contributed by atoms with Crippen LogP contribution in [0.5, 0.6) is 0 Å². The van der Waals surface area contributed by atoms with E-state index >= 15 is 0 Å². The molecule has 1 fully saturated rings. The van der Waals surface area contributed by atoms with Gasteiger partial charge in [-0.1, -0.05) is 25.0 Å². The average Bonchev–Trinajstić information content (AvgIpc) is 2.79. The maximum Gasteiger partial charge on any atom is 0.254 e.